The molecule has 128 valence electrons. The minimum atomic E-state index is -0.449. The third-order valence-corrected chi connectivity index (χ3v) is 3.98. The highest BCUT2D eigenvalue weighted by molar-refractivity contribution is 6.07. The molecular weight excluding hydrogens is 314 g/mol. The molecule has 0 spiro atoms. The molecule has 3 rings (SSSR count). The lowest BCUT2D eigenvalue weighted by atomic mass is 9.86. The van der Waals surface area contributed by atoms with Gasteiger partial charge in [-0.25, -0.2) is 0 Å². The van der Waals surface area contributed by atoms with E-state index in [0.717, 1.165) is 10.9 Å². The molecule has 1 amide bonds. The first kappa shape index (κ1) is 16.8. The second-order valence-corrected chi connectivity index (χ2v) is 7.14. The lowest BCUT2D eigenvalue weighted by Crippen LogP contribution is -2.19. The van der Waals surface area contributed by atoms with Gasteiger partial charge in [-0.1, -0.05) is 32.9 Å². The summed E-state index contributed by atoms with van der Waals surface area (Å²) in [5.74, 6) is -0.179. The summed E-state index contributed by atoms with van der Waals surface area (Å²) in [7, 11) is 0. The largest absolute Gasteiger partial charge is 0.399 e. The van der Waals surface area contributed by atoms with Crippen LogP contribution in [0.3, 0.4) is 0 Å². The van der Waals surface area contributed by atoms with Gasteiger partial charge in [0.15, 0.2) is 5.78 Å². The van der Waals surface area contributed by atoms with Crippen LogP contribution in [0.2, 0.25) is 0 Å². The number of nitrogen functional groups attached to an aromatic ring is 1. The van der Waals surface area contributed by atoms with Crippen LogP contribution in [-0.2, 0) is 0 Å². The van der Waals surface area contributed by atoms with Gasteiger partial charge in [-0.05, 0) is 36.4 Å². The topological polar surface area (TPSA) is 88.0 Å². The van der Waals surface area contributed by atoms with E-state index < -0.39 is 5.41 Å². The van der Waals surface area contributed by atoms with Gasteiger partial charge in [-0.15, -0.1) is 0 Å². The summed E-state index contributed by atoms with van der Waals surface area (Å²) in [6.07, 6.45) is 0. The van der Waals surface area contributed by atoms with Gasteiger partial charge < -0.3 is 16.0 Å². The summed E-state index contributed by atoms with van der Waals surface area (Å²) >= 11 is 0. The van der Waals surface area contributed by atoms with Crippen LogP contribution in [0, 0.1) is 5.41 Å². The molecule has 2 aromatic carbocycles. The van der Waals surface area contributed by atoms with Gasteiger partial charge in [0, 0.05) is 33.3 Å². The molecule has 0 aliphatic rings. The molecule has 0 saturated carbocycles. The number of fused-ring (bicyclic) bond motifs is 1. The summed E-state index contributed by atoms with van der Waals surface area (Å²) in [5, 5.41) is 3.70. The Bertz CT molecular complexity index is 947. The summed E-state index contributed by atoms with van der Waals surface area (Å²) in [5.41, 5.74) is 8.33. The van der Waals surface area contributed by atoms with Crippen LogP contribution in [0.15, 0.2) is 48.5 Å². The zero-order chi connectivity index (χ0) is 18.2. The van der Waals surface area contributed by atoms with Crippen molar-refractivity contribution in [2.75, 3.05) is 11.1 Å². The molecule has 0 radical (unpaired) electrons. The van der Waals surface area contributed by atoms with Crippen molar-refractivity contribution in [3.05, 3.63) is 59.8 Å². The van der Waals surface area contributed by atoms with Crippen molar-refractivity contribution >= 4 is 34.0 Å². The maximum Gasteiger partial charge on any atom is 0.272 e. The molecule has 5 nitrogen and oxygen atoms in total. The summed E-state index contributed by atoms with van der Waals surface area (Å²) in [6, 6.07) is 14.2. The molecule has 25 heavy (non-hydrogen) atoms. The maximum absolute atomic E-state index is 12.4. The Kier molecular flexibility index (Phi) is 4.08. The number of rotatable bonds is 3. The number of ketones is 1. The average Bonchev–Trinajstić information content (AvgIpc) is 2.98. The van der Waals surface area contributed by atoms with Gasteiger partial charge in [-0.2, -0.15) is 0 Å². The van der Waals surface area contributed by atoms with Gasteiger partial charge in [0.05, 0.1) is 0 Å². The van der Waals surface area contributed by atoms with Crippen molar-refractivity contribution in [3.8, 4) is 0 Å². The van der Waals surface area contributed by atoms with Crippen LogP contribution in [0.5, 0.6) is 0 Å². The van der Waals surface area contributed by atoms with Gasteiger partial charge in [0.25, 0.3) is 5.91 Å². The quantitative estimate of drug-likeness (QED) is 0.494. The molecule has 0 fully saturated rings. The number of amides is 1. The van der Waals surface area contributed by atoms with Crippen LogP contribution in [0.25, 0.3) is 10.9 Å². The Balaban J connectivity index is 1.86. The van der Waals surface area contributed by atoms with E-state index in [2.05, 4.69) is 10.3 Å². The first-order chi connectivity index (χ1) is 11.7. The highest BCUT2D eigenvalue weighted by atomic mass is 16.2. The number of anilines is 2. The van der Waals surface area contributed by atoms with Crippen LogP contribution < -0.4 is 11.1 Å². The smallest absolute Gasteiger partial charge is 0.272 e. The average molecular weight is 335 g/mol. The van der Waals surface area contributed by atoms with Crippen molar-refractivity contribution in [1.82, 2.24) is 4.98 Å². The van der Waals surface area contributed by atoms with E-state index in [4.69, 9.17) is 5.73 Å². The molecule has 0 aliphatic heterocycles. The monoisotopic (exact) mass is 335 g/mol. The predicted molar refractivity (Wildman–Crippen MR) is 101 cm³/mol. The first-order valence-electron chi connectivity index (χ1n) is 8.08. The van der Waals surface area contributed by atoms with E-state index in [-0.39, 0.29) is 11.7 Å². The first-order valence-corrected chi connectivity index (χ1v) is 8.08. The van der Waals surface area contributed by atoms with E-state index in [1.165, 1.54) is 0 Å². The number of aromatic amines is 1. The van der Waals surface area contributed by atoms with Crippen molar-refractivity contribution in [2.45, 2.75) is 20.8 Å². The number of carbonyl (C=O) groups is 2. The van der Waals surface area contributed by atoms with Gasteiger partial charge >= 0.3 is 0 Å². The number of carbonyl (C=O) groups excluding carboxylic acids is 2. The molecule has 0 saturated heterocycles. The van der Waals surface area contributed by atoms with E-state index in [1.54, 1.807) is 42.5 Å². The minimum absolute atomic E-state index is 0.0666. The van der Waals surface area contributed by atoms with Crippen LogP contribution in [0.1, 0.15) is 41.6 Å². The Labute approximate surface area is 146 Å². The molecule has 0 bridgehead atoms. The summed E-state index contributed by atoms with van der Waals surface area (Å²) < 4.78 is 0. The fourth-order valence-corrected chi connectivity index (χ4v) is 2.59. The van der Waals surface area contributed by atoms with E-state index in [0.29, 0.717) is 22.6 Å². The number of Topliss-reactive ketones (excluding diaryl/α,β-unsaturated/α-hetero) is 1. The molecule has 1 heterocycles. The number of hydrogen-bond acceptors (Lipinski definition) is 3. The number of hydrogen-bond donors (Lipinski definition) is 3. The lowest BCUT2D eigenvalue weighted by molar-refractivity contribution is 0.0858. The third kappa shape index (κ3) is 3.55. The SMILES string of the molecule is CC(C)(C)C(=O)c1ccc2cc(C(=O)Nc3ccc(N)cc3)[nH]c2c1. The van der Waals surface area contributed by atoms with E-state index >= 15 is 0 Å². The Morgan fingerprint density at radius 1 is 1.00 bits per heavy atom. The highest BCUT2D eigenvalue weighted by Crippen LogP contribution is 2.24. The van der Waals surface area contributed by atoms with E-state index in [9.17, 15) is 9.59 Å². The molecule has 4 N–H and O–H groups in total. The molecule has 5 heteroatoms. The Morgan fingerprint density at radius 2 is 1.68 bits per heavy atom. The lowest BCUT2D eigenvalue weighted by Gasteiger charge is -2.16. The minimum Gasteiger partial charge on any atom is -0.399 e. The van der Waals surface area contributed by atoms with Gasteiger partial charge in [0.1, 0.15) is 5.69 Å². The Hall–Kier alpha value is -3.08. The number of benzene rings is 2. The van der Waals surface area contributed by atoms with Crippen molar-refractivity contribution in [2.24, 2.45) is 5.41 Å². The predicted octanol–water partition coefficient (Wildman–Crippen LogP) is 4.23. The van der Waals surface area contributed by atoms with Gasteiger partial charge in [-0.3, -0.25) is 9.59 Å². The highest BCUT2D eigenvalue weighted by Gasteiger charge is 2.23. The van der Waals surface area contributed by atoms with Crippen LogP contribution in [0.4, 0.5) is 11.4 Å². The van der Waals surface area contributed by atoms with E-state index in [1.807, 2.05) is 26.8 Å². The van der Waals surface area contributed by atoms with Crippen molar-refractivity contribution < 1.29 is 9.59 Å². The molecule has 1 aromatic heterocycles. The zero-order valence-electron chi connectivity index (χ0n) is 14.5. The molecule has 0 unspecified atom stereocenters. The maximum atomic E-state index is 12.4. The fourth-order valence-electron chi connectivity index (χ4n) is 2.59. The summed E-state index contributed by atoms with van der Waals surface area (Å²) in [6.45, 7) is 5.67. The Morgan fingerprint density at radius 3 is 2.32 bits per heavy atom. The number of aromatic nitrogens is 1. The molecule has 0 aliphatic carbocycles. The van der Waals surface area contributed by atoms with Gasteiger partial charge in [0.2, 0.25) is 0 Å². The van der Waals surface area contributed by atoms with Crippen molar-refractivity contribution in [3.63, 3.8) is 0 Å². The molecule has 3 aromatic rings. The van der Waals surface area contributed by atoms with Crippen LogP contribution in [-0.4, -0.2) is 16.7 Å². The summed E-state index contributed by atoms with van der Waals surface area (Å²) in [4.78, 5) is 27.9. The molecular formula is C20H21N3O2. The molecule has 0 atom stereocenters. The zero-order valence-corrected chi connectivity index (χ0v) is 14.5. The third-order valence-electron chi connectivity index (χ3n) is 3.98. The number of H-pyrrole nitrogens is 1. The number of nitrogens with one attached hydrogen (secondary N) is 2. The number of nitrogens with two attached hydrogens (primary N) is 1. The standard InChI is InChI=1S/C20H21N3O2/c1-20(2,3)18(24)13-5-4-12-10-17(23-16(12)11-13)19(25)22-15-8-6-14(21)7-9-15/h4-11,23H,21H2,1-3H3,(H,22,25). The van der Waals surface area contributed by atoms with Crippen LogP contribution >= 0.6 is 0 Å². The second-order valence-electron chi connectivity index (χ2n) is 7.14. The fraction of sp³-hybridized carbons (Fsp3) is 0.200. The normalized spacial score (nSPS) is 11.5. The second kappa shape index (κ2) is 6.09. The van der Waals surface area contributed by atoms with Crippen molar-refractivity contribution in [1.29, 1.82) is 0 Å².